The quantitative estimate of drug-likeness (QED) is 0.390. The Morgan fingerprint density at radius 2 is 2.00 bits per heavy atom. The molecule has 0 atom stereocenters. The maximum absolute atomic E-state index is 12.2. The van der Waals surface area contributed by atoms with Crippen LogP contribution in [0.15, 0.2) is 59.4 Å². The van der Waals surface area contributed by atoms with Crippen LogP contribution in [-0.4, -0.2) is 38.3 Å². The molecular weight excluding hydrogens is 412 g/mol. The van der Waals surface area contributed by atoms with Crippen LogP contribution >= 0.6 is 0 Å². The third-order valence-electron chi connectivity index (χ3n) is 4.62. The first-order valence-electron chi connectivity index (χ1n) is 10.00. The van der Waals surface area contributed by atoms with Gasteiger partial charge in [-0.15, -0.1) is 0 Å². The maximum atomic E-state index is 12.2. The Morgan fingerprint density at radius 1 is 1.12 bits per heavy atom. The van der Waals surface area contributed by atoms with Crippen molar-refractivity contribution in [2.24, 2.45) is 0 Å². The standard InChI is InChI=1S/C22H22N6O4/c1-30-18-11-16(7-8-17(18)31-13-15-5-3-2-4-6-15)12-23-19(29)9-10-20-26-22(28-32-20)21-24-14-25-27-21/h2-8,11,14H,9-10,12-13H2,1H3,(H,23,29)(H,24,25,27). The van der Waals surface area contributed by atoms with E-state index in [1.807, 2.05) is 48.5 Å². The number of benzene rings is 2. The van der Waals surface area contributed by atoms with Gasteiger partial charge in [0, 0.05) is 19.4 Å². The molecule has 0 saturated carbocycles. The van der Waals surface area contributed by atoms with Crippen molar-refractivity contribution in [2.75, 3.05) is 7.11 Å². The number of carbonyl (C=O) groups is 1. The molecule has 10 nitrogen and oxygen atoms in total. The van der Waals surface area contributed by atoms with Crippen molar-refractivity contribution in [2.45, 2.75) is 26.0 Å². The molecular formula is C22H22N6O4. The molecule has 1 amide bonds. The van der Waals surface area contributed by atoms with Gasteiger partial charge >= 0.3 is 0 Å². The van der Waals surface area contributed by atoms with Crippen LogP contribution in [0, 0.1) is 0 Å². The lowest BCUT2D eigenvalue weighted by molar-refractivity contribution is -0.121. The molecule has 0 unspecified atom stereocenters. The highest BCUT2D eigenvalue weighted by Crippen LogP contribution is 2.28. The highest BCUT2D eigenvalue weighted by atomic mass is 16.5. The second kappa shape index (κ2) is 10.2. The minimum absolute atomic E-state index is 0.132. The fourth-order valence-corrected chi connectivity index (χ4v) is 2.95. The second-order valence-electron chi connectivity index (χ2n) is 6.88. The highest BCUT2D eigenvalue weighted by molar-refractivity contribution is 5.76. The Morgan fingerprint density at radius 3 is 2.78 bits per heavy atom. The molecule has 0 aliphatic heterocycles. The van der Waals surface area contributed by atoms with Gasteiger partial charge in [-0.1, -0.05) is 41.6 Å². The number of aromatic nitrogens is 5. The van der Waals surface area contributed by atoms with E-state index >= 15 is 0 Å². The lowest BCUT2D eigenvalue weighted by atomic mass is 10.2. The van der Waals surface area contributed by atoms with Gasteiger partial charge < -0.3 is 19.3 Å². The topological polar surface area (TPSA) is 128 Å². The van der Waals surface area contributed by atoms with Gasteiger partial charge in [0.05, 0.1) is 7.11 Å². The fraction of sp³-hybridized carbons (Fsp3) is 0.227. The number of hydrogen-bond donors (Lipinski definition) is 2. The van der Waals surface area contributed by atoms with E-state index in [-0.39, 0.29) is 12.3 Å². The van der Waals surface area contributed by atoms with Crippen molar-refractivity contribution in [3.63, 3.8) is 0 Å². The summed E-state index contributed by atoms with van der Waals surface area (Å²) in [4.78, 5) is 20.4. The number of aromatic amines is 1. The first-order valence-corrected chi connectivity index (χ1v) is 10.00. The monoisotopic (exact) mass is 434 g/mol. The molecule has 2 aromatic heterocycles. The molecule has 4 aromatic rings. The predicted molar refractivity (Wildman–Crippen MR) is 114 cm³/mol. The van der Waals surface area contributed by atoms with Gasteiger partial charge in [-0.05, 0) is 23.3 Å². The van der Waals surface area contributed by atoms with Crippen molar-refractivity contribution in [1.82, 2.24) is 30.6 Å². The average molecular weight is 434 g/mol. The van der Waals surface area contributed by atoms with Crippen molar-refractivity contribution < 1.29 is 18.8 Å². The maximum Gasteiger partial charge on any atom is 0.239 e. The molecule has 0 saturated heterocycles. The summed E-state index contributed by atoms with van der Waals surface area (Å²) in [5.41, 5.74) is 1.97. The first-order chi connectivity index (χ1) is 15.7. The number of aryl methyl sites for hydroxylation is 1. The summed E-state index contributed by atoms with van der Waals surface area (Å²) in [7, 11) is 1.59. The number of ether oxygens (including phenoxy) is 2. The average Bonchev–Trinajstić information content (AvgIpc) is 3.53. The van der Waals surface area contributed by atoms with Gasteiger partial charge in [0.1, 0.15) is 12.9 Å². The summed E-state index contributed by atoms with van der Waals surface area (Å²) < 4.78 is 16.4. The van der Waals surface area contributed by atoms with Crippen molar-refractivity contribution in [3.8, 4) is 23.1 Å². The van der Waals surface area contributed by atoms with Crippen LogP contribution in [0.25, 0.3) is 11.6 Å². The molecule has 0 bridgehead atoms. The smallest absolute Gasteiger partial charge is 0.239 e. The molecule has 0 radical (unpaired) electrons. The molecule has 0 aliphatic rings. The zero-order valence-electron chi connectivity index (χ0n) is 17.4. The lowest BCUT2D eigenvalue weighted by Crippen LogP contribution is -2.23. The Bertz CT molecular complexity index is 1140. The number of nitrogens with zero attached hydrogens (tertiary/aromatic N) is 4. The van der Waals surface area contributed by atoms with Gasteiger partial charge in [0.25, 0.3) is 0 Å². The minimum atomic E-state index is -0.132. The number of nitrogens with one attached hydrogen (secondary N) is 2. The largest absolute Gasteiger partial charge is 0.493 e. The Labute approximate surface area is 184 Å². The molecule has 164 valence electrons. The number of H-pyrrole nitrogens is 1. The summed E-state index contributed by atoms with van der Waals surface area (Å²) >= 11 is 0. The van der Waals surface area contributed by atoms with Crippen molar-refractivity contribution in [1.29, 1.82) is 0 Å². The Hall–Kier alpha value is -4.21. The summed E-state index contributed by atoms with van der Waals surface area (Å²) in [6, 6.07) is 15.5. The number of rotatable bonds is 10. The van der Waals surface area contributed by atoms with Gasteiger partial charge in [-0.25, -0.2) is 4.98 Å². The molecule has 2 heterocycles. The van der Waals surface area contributed by atoms with Crippen molar-refractivity contribution in [3.05, 3.63) is 71.9 Å². The van der Waals surface area contributed by atoms with E-state index in [0.717, 1.165) is 11.1 Å². The van der Waals surface area contributed by atoms with E-state index in [9.17, 15) is 4.79 Å². The van der Waals surface area contributed by atoms with Crippen LogP contribution in [0.2, 0.25) is 0 Å². The number of amides is 1. The predicted octanol–water partition coefficient (Wildman–Crippen LogP) is 2.69. The van der Waals surface area contributed by atoms with Crippen LogP contribution in [-0.2, 0) is 24.4 Å². The third-order valence-corrected chi connectivity index (χ3v) is 4.62. The first kappa shape index (κ1) is 21.0. The lowest BCUT2D eigenvalue weighted by Gasteiger charge is -2.13. The number of hydrogen-bond acceptors (Lipinski definition) is 8. The van der Waals surface area contributed by atoms with E-state index in [1.54, 1.807) is 7.11 Å². The summed E-state index contributed by atoms with van der Waals surface area (Å²) in [6.07, 6.45) is 1.89. The van der Waals surface area contributed by atoms with E-state index in [1.165, 1.54) is 6.33 Å². The van der Waals surface area contributed by atoms with Gasteiger partial charge in [0.2, 0.25) is 17.6 Å². The molecule has 0 fully saturated rings. The highest BCUT2D eigenvalue weighted by Gasteiger charge is 2.13. The summed E-state index contributed by atoms with van der Waals surface area (Å²) in [6.45, 7) is 0.808. The van der Waals surface area contributed by atoms with Crippen LogP contribution < -0.4 is 14.8 Å². The third kappa shape index (κ3) is 5.48. The molecule has 0 spiro atoms. The van der Waals surface area contributed by atoms with Gasteiger partial charge in [-0.3, -0.25) is 9.89 Å². The SMILES string of the molecule is COc1cc(CNC(=O)CCc2nc(-c3ncn[nH]3)no2)ccc1OCc1ccccc1. The van der Waals surface area contributed by atoms with Crippen LogP contribution in [0.4, 0.5) is 0 Å². The van der Waals surface area contributed by atoms with Crippen LogP contribution in [0.1, 0.15) is 23.4 Å². The summed E-state index contributed by atoms with van der Waals surface area (Å²) in [5.74, 6) is 2.19. The van der Waals surface area contributed by atoms with E-state index in [2.05, 4.69) is 30.6 Å². The fourth-order valence-electron chi connectivity index (χ4n) is 2.95. The van der Waals surface area contributed by atoms with Gasteiger partial charge in [-0.2, -0.15) is 10.1 Å². The van der Waals surface area contributed by atoms with E-state index < -0.39 is 0 Å². The van der Waals surface area contributed by atoms with Gasteiger partial charge in [0.15, 0.2) is 17.3 Å². The Balaban J connectivity index is 1.26. The van der Waals surface area contributed by atoms with Crippen LogP contribution in [0.3, 0.4) is 0 Å². The molecule has 4 rings (SSSR count). The zero-order chi connectivity index (χ0) is 22.2. The molecule has 0 aliphatic carbocycles. The summed E-state index contributed by atoms with van der Waals surface area (Å²) in [5, 5.41) is 13.1. The normalized spacial score (nSPS) is 10.7. The zero-order valence-corrected chi connectivity index (χ0v) is 17.4. The molecule has 10 heteroatoms. The molecule has 2 N–H and O–H groups in total. The second-order valence-corrected chi connectivity index (χ2v) is 6.88. The van der Waals surface area contributed by atoms with Crippen molar-refractivity contribution >= 4 is 5.91 Å². The number of methoxy groups -OCH3 is 1. The van der Waals surface area contributed by atoms with Crippen LogP contribution in [0.5, 0.6) is 11.5 Å². The molecule has 32 heavy (non-hydrogen) atoms. The minimum Gasteiger partial charge on any atom is -0.493 e. The van der Waals surface area contributed by atoms with E-state index in [0.29, 0.717) is 48.6 Å². The number of carbonyl (C=O) groups excluding carboxylic acids is 1. The Kier molecular flexibility index (Phi) is 6.71. The molecule has 2 aromatic carbocycles. The van der Waals surface area contributed by atoms with E-state index in [4.69, 9.17) is 14.0 Å².